The Balaban J connectivity index is 1.56. The van der Waals surface area contributed by atoms with Gasteiger partial charge >= 0.3 is 0 Å². The highest BCUT2D eigenvalue weighted by Gasteiger charge is 2.25. The molecule has 1 aliphatic heterocycles. The first-order chi connectivity index (χ1) is 15.4. The number of halogens is 3. The average Bonchev–Trinajstić information content (AvgIpc) is 2.80. The molecule has 32 heavy (non-hydrogen) atoms. The van der Waals surface area contributed by atoms with Gasteiger partial charge in [-0.05, 0) is 43.7 Å². The van der Waals surface area contributed by atoms with Gasteiger partial charge in [0.25, 0.3) is 5.91 Å². The minimum Gasteiger partial charge on any atom is -0.353 e. The maximum absolute atomic E-state index is 13.7. The molecule has 1 amide bonds. The van der Waals surface area contributed by atoms with Crippen LogP contribution in [-0.4, -0.2) is 47.0 Å². The molecule has 0 spiro atoms. The molecule has 3 aromatic rings. The van der Waals surface area contributed by atoms with Crippen LogP contribution in [0.3, 0.4) is 0 Å². The zero-order valence-corrected chi connectivity index (χ0v) is 19.4. The van der Waals surface area contributed by atoms with Gasteiger partial charge in [-0.15, -0.1) is 0 Å². The Morgan fingerprint density at radius 3 is 2.44 bits per heavy atom. The van der Waals surface area contributed by atoms with Crippen LogP contribution in [0.5, 0.6) is 0 Å². The topological polar surface area (TPSA) is 49.3 Å². The summed E-state index contributed by atoms with van der Waals surface area (Å²) in [7, 11) is 0. The first-order valence-corrected chi connectivity index (χ1v) is 11.3. The van der Waals surface area contributed by atoms with Gasteiger partial charge in [0, 0.05) is 48.6 Å². The smallest absolute Gasteiger partial charge is 0.254 e. The van der Waals surface area contributed by atoms with Crippen molar-refractivity contribution >= 4 is 34.9 Å². The number of hydrogen-bond acceptors (Lipinski definition) is 4. The van der Waals surface area contributed by atoms with Crippen LogP contribution in [0.25, 0.3) is 11.4 Å². The lowest BCUT2D eigenvalue weighted by Gasteiger charge is -2.36. The fourth-order valence-electron chi connectivity index (χ4n) is 3.95. The molecule has 2 aromatic carbocycles. The molecule has 4 rings (SSSR count). The van der Waals surface area contributed by atoms with Crippen LogP contribution in [0.2, 0.25) is 10.0 Å². The minimum absolute atomic E-state index is 0.0711. The van der Waals surface area contributed by atoms with Crippen LogP contribution in [0.1, 0.15) is 28.5 Å². The van der Waals surface area contributed by atoms with Crippen molar-refractivity contribution in [3.05, 3.63) is 75.1 Å². The van der Waals surface area contributed by atoms with Gasteiger partial charge in [-0.25, -0.2) is 14.4 Å². The molecule has 0 saturated carbocycles. The highest BCUT2D eigenvalue weighted by molar-refractivity contribution is 6.42. The molecule has 0 bridgehead atoms. The Morgan fingerprint density at radius 2 is 1.78 bits per heavy atom. The van der Waals surface area contributed by atoms with Crippen LogP contribution >= 0.6 is 23.2 Å². The predicted molar refractivity (Wildman–Crippen MR) is 126 cm³/mol. The Kier molecular flexibility index (Phi) is 6.63. The lowest BCUT2D eigenvalue weighted by Crippen LogP contribution is -2.49. The second-order valence-electron chi connectivity index (χ2n) is 7.71. The Labute approximate surface area is 196 Å². The number of anilines is 1. The predicted octanol–water partition coefficient (Wildman–Crippen LogP) is 5.42. The molecule has 1 aliphatic rings. The van der Waals surface area contributed by atoms with Gasteiger partial charge in [0.2, 0.25) is 0 Å². The lowest BCUT2D eigenvalue weighted by atomic mass is 10.1. The fraction of sp³-hybridized carbons (Fsp3) is 0.292. The van der Waals surface area contributed by atoms with E-state index in [9.17, 15) is 9.18 Å². The number of carbonyl (C=O) groups is 1. The average molecular weight is 473 g/mol. The standard InChI is InChI=1S/C24H23Cl2FN4O/c1-3-19-15(2)28-22(16-5-4-6-18(27)13-16)29-23(19)30-9-11-31(12-10-30)24(32)17-7-8-20(25)21(26)14-17/h4-8,13-14H,3,9-12H2,1-2H3. The summed E-state index contributed by atoms with van der Waals surface area (Å²) in [6.07, 6.45) is 0.785. The zero-order chi connectivity index (χ0) is 22.8. The zero-order valence-electron chi connectivity index (χ0n) is 17.9. The van der Waals surface area contributed by atoms with E-state index in [0.717, 1.165) is 23.5 Å². The van der Waals surface area contributed by atoms with Gasteiger partial charge in [-0.1, -0.05) is 42.3 Å². The van der Waals surface area contributed by atoms with E-state index in [-0.39, 0.29) is 11.7 Å². The molecule has 0 aliphatic carbocycles. The third-order valence-electron chi connectivity index (χ3n) is 5.66. The molecule has 2 heterocycles. The summed E-state index contributed by atoms with van der Waals surface area (Å²) in [5.41, 5.74) is 3.11. The number of carbonyl (C=O) groups excluding carboxylic acids is 1. The van der Waals surface area contributed by atoms with E-state index in [1.54, 1.807) is 30.3 Å². The molecule has 8 heteroatoms. The highest BCUT2D eigenvalue weighted by atomic mass is 35.5. The van der Waals surface area contributed by atoms with E-state index in [2.05, 4.69) is 16.8 Å². The van der Waals surface area contributed by atoms with Crippen LogP contribution in [0.15, 0.2) is 42.5 Å². The summed E-state index contributed by atoms with van der Waals surface area (Å²) in [5, 5.41) is 0.790. The molecule has 0 N–H and O–H groups in total. The summed E-state index contributed by atoms with van der Waals surface area (Å²) in [6.45, 7) is 6.41. The summed E-state index contributed by atoms with van der Waals surface area (Å²) in [5.74, 6) is 0.960. The van der Waals surface area contributed by atoms with Crippen LogP contribution in [0, 0.1) is 12.7 Å². The first-order valence-electron chi connectivity index (χ1n) is 10.5. The van der Waals surface area contributed by atoms with Crippen molar-refractivity contribution in [2.24, 2.45) is 0 Å². The van der Waals surface area contributed by atoms with Crippen molar-refractivity contribution < 1.29 is 9.18 Å². The number of aromatic nitrogens is 2. The number of piperazine rings is 1. The van der Waals surface area contributed by atoms with E-state index in [1.165, 1.54) is 12.1 Å². The van der Waals surface area contributed by atoms with Crippen LogP contribution < -0.4 is 4.90 Å². The second kappa shape index (κ2) is 9.43. The summed E-state index contributed by atoms with van der Waals surface area (Å²) >= 11 is 12.0. The number of benzene rings is 2. The van der Waals surface area contributed by atoms with Crippen molar-refractivity contribution in [1.82, 2.24) is 14.9 Å². The summed E-state index contributed by atoms with van der Waals surface area (Å²) in [4.78, 5) is 26.3. The first kappa shape index (κ1) is 22.5. The molecule has 166 valence electrons. The van der Waals surface area contributed by atoms with Crippen molar-refractivity contribution in [1.29, 1.82) is 0 Å². The monoisotopic (exact) mass is 472 g/mol. The number of rotatable bonds is 4. The molecule has 0 unspecified atom stereocenters. The molecular weight excluding hydrogens is 450 g/mol. The van der Waals surface area contributed by atoms with E-state index in [1.807, 2.05) is 11.8 Å². The summed E-state index contributed by atoms with van der Waals surface area (Å²) < 4.78 is 13.7. The molecule has 1 fully saturated rings. The number of aryl methyl sites for hydroxylation is 1. The van der Waals surface area contributed by atoms with Crippen molar-refractivity contribution in [3.63, 3.8) is 0 Å². The number of hydrogen-bond donors (Lipinski definition) is 0. The lowest BCUT2D eigenvalue weighted by molar-refractivity contribution is 0.0746. The molecule has 5 nitrogen and oxygen atoms in total. The van der Waals surface area contributed by atoms with Crippen molar-refractivity contribution in [2.45, 2.75) is 20.3 Å². The number of amides is 1. The van der Waals surface area contributed by atoms with E-state index >= 15 is 0 Å². The third-order valence-corrected chi connectivity index (χ3v) is 6.40. The largest absolute Gasteiger partial charge is 0.353 e. The molecule has 0 atom stereocenters. The van der Waals surface area contributed by atoms with Gasteiger partial charge in [-0.3, -0.25) is 4.79 Å². The summed E-state index contributed by atoms with van der Waals surface area (Å²) in [6, 6.07) is 11.2. The van der Waals surface area contributed by atoms with Crippen LogP contribution in [-0.2, 0) is 6.42 Å². The molecule has 0 radical (unpaired) electrons. The maximum atomic E-state index is 13.7. The molecular formula is C24H23Cl2FN4O. The normalized spacial score (nSPS) is 14.0. The SMILES string of the molecule is CCc1c(C)nc(-c2cccc(F)c2)nc1N1CCN(C(=O)c2ccc(Cl)c(Cl)c2)CC1. The minimum atomic E-state index is -0.320. The van der Waals surface area contributed by atoms with Crippen molar-refractivity contribution in [3.8, 4) is 11.4 Å². The quantitative estimate of drug-likeness (QED) is 0.508. The van der Waals surface area contributed by atoms with Gasteiger partial charge in [0.05, 0.1) is 10.0 Å². The van der Waals surface area contributed by atoms with Crippen molar-refractivity contribution in [2.75, 3.05) is 31.1 Å². The van der Waals surface area contributed by atoms with E-state index in [4.69, 9.17) is 28.2 Å². The highest BCUT2D eigenvalue weighted by Crippen LogP contribution is 2.28. The second-order valence-corrected chi connectivity index (χ2v) is 8.52. The van der Waals surface area contributed by atoms with Gasteiger partial charge < -0.3 is 9.80 Å². The van der Waals surface area contributed by atoms with Crippen LogP contribution in [0.4, 0.5) is 10.2 Å². The molecule has 1 saturated heterocycles. The molecule has 1 aromatic heterocycles. The van der Waals surface area contributed by atoms with Gasteiger partial charge in [-0.2, -0.15) is 0 Å². The van der Waals surface area contributed by atoms with Gasteiger partial charge in [0.1, 0.15) is 11.6 Å². The maximum Gasteiger partial charge on any atom is 0.254 e. The Bertz CT molecular complexity index is 1160. The Hall–Kier alpha value is -2.70. The number of nitrogens with zero attached hydrogens (tertiary/aromatic N) is 4. The Morgan fingerprint density at radius 1 is 1.03 bits per heavy atom. The third kappa shape index (κ3) is 4.57. The van der Waals surface area contributed by atoms with E-state index in [0.29, 0.717) is 53.2 Å². The van der Waals surface area contributed by atoms with E-state index < -0.39 is 0 Å². The van der Waals surface area contributed by atoms with Gasteiger partial charge in [0.15, 0.2) is 5.82 Å². The fourth-order valence-corrected chi connectivity index (χ4v) is 4.24.